The molecule has 2 unspecified atom stereocenters. The maximum Gasteiger partial charge on any atom is 0.410 e. The summed E-state index contributed by atoms with van der Waals surface area (Å²) in [7, 11) is -3.96. The maximum atomic E-state index is 14.0. The summed E-state index contributed by atoms with van der Waals surface area (Å²) in [6.45, 7) is 19.9. The quantitative estimate of drug-likeness (QED) is 0.127. The number of β-lactam (4-membered cyclic amide) rings is 1. The number of hydrogen-bond donors (Lipinski definition) is 0. The molecule has 0 bridgehead atoms. The molecular formula is C29H52N2O5SSi2. The Balaban J connectivity index is 1.90. The zero-order chi connectivity index (χ0) is 29.0. The van der Waals surface area contributed by atoms with Gasteiger partial charge in [0.1, 0.15) is 6.61 Å². The lowest BCUT2D eigenvalue weighted by Gasteiger charge is -2.59. The minimum Gasteiger partial charge on any atom is -0.445 e. The Labute approximate surface area is 243 Å². The molecule has 222 valence electrons. The number of carbonyl (C=O) groups excluding carboxylic acids is 3. The van der Waals surface area contributed by atoms with Gasteiger partial charge < -0.3 is 18.6 Å². The van der Waals surface area contributed by atoms with Crippen molar-refractivity contribution in [3.8, 4) is 0 Å². The number of carbonyl (C=O) groups is 3. The van der Waals surface area contributed by atoms with Crippen molar-refractivity contribution < 1.29 is 23.5 Å². The Morgan fingerprint density at radius 2 is 1.69 bits per heavy atom. The first-order valence-electron chi connectivity index (χ1n) is 15.4. The third-order valence-corrected chi connectivity index (χ3v) is 21.9. The molecule has 3 heterocycles. The fourth-order valence-corrected chi connectivity index (χ4v) is 16.0. The monoisotopic (exact) mass is 596 g/mol. The van der Waals surface area contributed by atoms with E-state index in [-0.39, 0.29) is 59.0 Å². The van der Waals surface area contributed by atoms with E-state index in [2.05, 4.69) is 59.6 Å². The molecule has 3 aliphatic heterocycles. The summed E-state index contributed by atoms with van der Waals surface area (Å²) in [5.74, 6) is -0.255. The summed E-state index contributed by atoms with van der Waals surface area (Å²) in [6.07, 6.45) is 3.58. The standard InChI is InChI=1S/C29H52N2O5SSi2/c1-9-19-35-29(34)30-18-16-17-23(30)24-20-22(28(33)37-24)26-25(21(8)36-39(13-5,14-6)15-7)27(32)31(26)38(10-2,11-3)12-4/h9,21-26H,1,10-20H2,2-8H3/t21-,22?,23+,24?,25-,26-/m1/s1. The lowest BCUT2D eigenvalue weighted by Crippen LogP contribution is -2.76. The van der Waals surface area contributed by atoms with E-state index in [1.807, 2.05) is 4.90 Å². The smallest absolute Gasteiger partial charge is 0.410 e. The first-order chi connectivity index (χ1) is 18.6. The molecule has 3 aliphatic rings. The van der Waals surface area contributed by atoms with Gasteiger partial charge in [-0.15, -0.1) is 0 Å². The van der Waals surface area contributed by atoms with Crippen LogP contribution in [0.5, 0.6) is 0 Å². The molecule has 10 heteroatoms. The van der Waals surface area contributed by atoms with Crippen LogP contribution in [0.25, 0.3) is 0 Å². The predicted octanol–water partition coefficient (Wildman–Crippen LogP) is 6.66. The van der Waals surface area contributed by atoms with Crippen molar-refractivity contribution in [2.45, 2.75) is 127 Å². The summed E-state index contributed by atoms with van der Waals surface area (Å²) in [6, 6.07) is 6.03. The Kier molecular flexibility index (Phi) is 11.4. The topological polar surface area (TPSA) is 76.2 Å². The average Bonchev–Trinajstić information content (AvgIpc) is 3.58. The molecule has 3 fully saturated rings. The van der Waals surface area contributed by atoms with E-state index in [1.54, 1.807) is 6.08 Å². The number of thioether (sulfide) groups is 1. The molecule has 2 amide bonds. The molecule has 3 saturated heterocycles. The van der Waals surface area contributed by atoms with E-state index in [4.69, 9.17) is 9.16 Å². The molecular weight excluding hydrogens is 545 g/mol. The second kappa shape index (κ2) is 13.7. The van der Waals surface area contributed by atoms with Crippen molar-refractivity contribution in [3.05, 3.63) is 12.7 Å². The highest BCUT2D eigenvalue weighted by atomic mass is 32.2. The van der Waals surface area contributed by atoms with Crippen LogP contribution in [0.15, 0.2) is 12.7 Å². The summed E-state index contributed by atoms with van der Waals surface area (Å²) in [5.41, 5.74) is 0. The van der Waals surface area contributed by atoms with Crippen molar-refractivity contribution >= 4 is 45.4 Å². The lowest BCUT2D eigenvalue weighted by atomic mass is 9.76. The van der Waals surface area contributed by atoms with Crippen molar-refractivity contribution in [3.63, 3.8) is 0 Å². The van der Waals surface area contributed by atoms with Gasteiger partial charge in [-0.3, -0.25) is 9.59 Å². The van der Waals surface area contributed by atoms with Crippen LogP contribution in [0.1, 0.15) is 67.7 Å². The zero-order valence-electron chi connectivity index (χ0n) is 25.4. The molecule has 0 aliphatic carbocycles. The molecule has 3 rings (SSSR count). The normalized spacial score (nSPS) is 28.5. The maximum absolute atomic E-state index is 14.0. The van der Waals surface area contributed by atoms with Crippen LogP contribution in [0.3, 0.4) is 0 Å². The second-order valence-corrected chi connectivity index (χ2v) is 22.7. The summed E-state index contributed by atoms with van der Waals surface area (Å²) in [4.78, 5) is 42.3. The van der Waals surface area contributed by atoms with Gasteiger partial charge in [0.15, 0.2) is 21.7 Å². The van der Waals surface area contributed by atoms with Crippen LogP contribution < -0.4 is 0 Å². The Morgan fingerprint density at radius 3 is 2.23 bits per heavy atom. The third kappa shape index (κ3) is 6.09. The van der Waals surface area contributed by atoms with Gasteiger partial charge in [0, 0.05) is 29.8 Å². The minimum absolute atomic E-state index is 0.0107. The van der Waals surface area contributed by atoms with Gasteiger partial charge in [-0.05, 0) is 62.5 Å². The minimum atomic E-state index is -2.04. The Morgan fingerprint density at radius 1 is 1.08 bits per heavy atom. The molecule has 0 spiro atoms. The molecule has 7 nitrogen and oxygen atoms in total. The van der Waals surface area contributed by atoms with Crippen LogP contribution >= 0.6 is 11.8 Å². The van der Waals surface area contributed by atoms with E-state index in [0.29, 0.717) is 13.0 Å². The van der Waals surface area contributed by atoms with E-state index < -0.39 is 16.6 Å². The Bertz CT molecular complexity index is 880. The summed E-state index contributed by atoms with van der Waals surface area (Å²) < 4.78 is 14.5. The summed E-state index contributed by atoms with van der Waals surface area (Å²) in [5, 5.41) is 0.217. The average molecular weight is 597 g/mol. The van der Waals surface area contributed by atoms with E-state index in [0.717, 1.165) is 49.1 Å². The first-order valence-corrected chi connectivity index (χ1v) is 21.4. The number of likely N-dealkylation sites (tertiary alicyclic amines) is 1. The van der Waals surface area contributed by atoms with Gasteiger partial charge >= 0.3 is 6.09 Å². The van der Waals surface area contributed by atoms with Crippen LogP contribution in [0, 0.1) is 11.8 Å². The fourth-order valence-electron chi connectivity index (χ4n) is 7.48. The molecule has 0 saturated carbocycles. The van der Waals surface area contributed by atoms with Gasteiger partial charge in [-0.25, -0.2) is 4.79 Å². The van der Waals surface area contributed by atoms with Crippen molar-refractivity contribution in [2.75, 3.05) is 13.2 Å². The van der Waals surface area contributed by atoms with Crippen LogP contribution in [-0.4, -0.2) is 79.7 Å². The molecule has 0 aromatic heterocycles. The van der Waals surface area contributed by atoms with Crippen LogP contribution in [0.4, 0.5) is 4.79 Å². The molecule has 0 aromatic rings. The Hall–Kier alpha value is -1.11. The van der Waals surface area contributed by atoms with Gasteiger partial charge in [0.2, 0.25) is 5.91 Å². The number of ether oxygens (including phenoxy) is 1. The van der Waals surface area contributed by atoms with Crippen molar-refractivity contribution in [1.82, 2.24) is 9.47 Å². The van der Waals surface area contributed by atoms with E-state index in [1.165, 1.54) is 11.8 Å². The van der Waals surface area contributed by atoms with Gasteiger partial charge in [-0.2, -0.15) is 0 Å². The number of hydrogen-bond acceptors (Lipinski definition) is 6. The van der Waals surface area contributed by atoms with Crippen LogP contribution in [-0.2, 0) is 18.8 Å². The van der Waals surface area contributed by atoms with Gasteiger partial charge in [0.05, 0.1) is 12.0 Å². The molecule has 39 heavy (non-hydrogen) atoms. The van der Waals surface area contributed by atoms with Crippen molar-refractivity contribution in [2.24, 2.45) is 11.8 Å². The molecule has 0 aromatic carbocycles. The number of amides is 2. The van der Waals surface area contributed by atoms with Crippen LogP contribution in [0.2, 0.25) is 36.3 Å². The second-order valence-electron chi connectivity index (χ2n) is 11.7. The largest absolute Gasteiger partial charge is 0.445 e. The fraction of sp³-hybridized carbons (Fsp3) is 0.828. The number of rotatable bonds is 14. The molecule has 6 atom stereocenters. The first kappa shape index (κ1) is 32.4. The van der Waals surface area contributed by atoms with Gasteiger partial charge in [0.25, 0.3) is 0 Å². The van der Waals surface area contributed by atoms with Crippen molar-refractivity contribution in [1.29, 1.82) is 0 Å². The predicted molar refractivity (Wildman–Crippen MR) is 165 cm³/mol. The summed E-state index contributed by atoms with van der Waals surface area (Å²) >= 11 is 1.41. The zero-order valence-corrected chi connectivity index (χ0v) is 28.2. The highest BCUT2D eigenvalue weighted by Crippen LogP contribution is 2.50. The van der Waals surface area contributed by atoms with E-state index >= 15 is 0 Å². The molecule has 0 radical (unpaired) electrons. The lowest BCUT2D eigenvalue weighted by molar-refractivity contribution is -0.158. The SMILES string of the molecule is C=CCOC(=O)N1CCC[C@H]1C1CC([C@@H]2[C@@H]([C@@H](C)O[Si](CC)(CC)CC)C(=O)N2[Si](CC)(CC)CC)C(=O)S1. The highest BCUT2D eigenvalue weighted by Gasteiger charge is 2.62. The van der Waals surface area contributed by atoms with E-state index in [9.17, 15) is 14.4 Å². The highest BCUT2D eigenvalue weighted by molar-refractivity contribution is 8.14. The third-order valence-electron chi connectivity index (χ3n) is 10.3. The molecule has 0 N–H and O–H groups in total. The van der Waals surface area contributed by atoms with Gasteiger partial charge in [-0.1, -0.05) is 66.0 Å². The number of nitrogens with zero attached hydrogens (tertiary/aromatic N) is 2.